The van der Waals surface area contributed by atoms with Gasteiger partial charge in [0, 0.05) is 17.9 Å². The van der Waals surface area contributed by atoms with E-state index in [0.29, 0.717) is 46.2 Å². The second-order valence-corrected chi connectivity index (χ2v) is 9.80. The first-order valence-corrected chi connectivity index (χ1v) is 11.2. The monoisotopic (exact) mass is 454 g/mol. The minimum absolute atomic E-state index is 0.240. The number of carbonyl (C=O) groups is 1. The van der Waals surface area contributed by atoms with Crippen LogP contribution in [0.3, 0.4) is 0 Å². The number of hydrogen-bond acceptors (Lipinski definition) is 8. The normalized spacial score (nSPS) is 17.7. The summed E-state index contributed by atoms with van der Waals surface area (Å²) in [5, 5.41) is 4.36. The predicted molar refractivity (Wildman–Crippen MR) is 121 cm³/mol. The van der Waals surface area contributed by atoms with Gasteiger partial charge in [-0.2, -0.15) is 5.10 Å². The third kappa shape index (κ3) is 8.82. The number of esters is 1. The van der Waals surface area contributed by atoms with Gasteiger partial charge in [-0.05, 0) is 48.5 Å². The molecule has 0 saturated carbocycles. The van der Waals surface area contributed by atoms with Crippen molar-refractivity contribution in [2.45, 2.75) is 78.2 Å². The molecule has 0 spiro atoms. The van der Waals surface area contributed by atoms with Gasteiger partial charge in [0.25, 0.3) is 0 Å². The van der Waals surface area contributed by atoms with Crippen LogP contribution >= 0.6 is 0 Å². The first kappa shape index (κ1) is 26.8. The van der Waals surface area contributed by atoms with E-state index >= 15 is 0 Å². The quantitative estimate of drug-likeness (QED) is 0.254. The molecule has 1 aliphatic heterocycles. The van der Waals surface area contributed by atoms with Crippen LogP contribution in [0.4, 0.5) is 0 Å². The van der Waals surface area contributed by atoms with E-state index in [-0.39, 0.29) is 23.6 Å². The van der Waals surface area contributed by atoms with Crippen molar-refractivity contribution in [1.82, 2.24) is 9.78 Å². The Labute approximate surface area is 192 Å². The molecule has 0 amide bonds. The summed E-state index contributed by atoms with van der Waals surface area (Å²) in [4.78, 5) is 11.5. The SMILES string of the molecule is CC(C)(C)OC(=O)CCOCCOCCOCCn1cc(B2OC(C)(C)C(C)(C)O2)cn1. The number of aromatic nitrogens is 2. The van der Waals surface area contributed by atoms with Crippen molar-refractivity contribution in [3.05, 3.63) is 12.4 Å². The van der Waals surface area contributed by atoms with Gasteiger partial charge in [0.2, 0.25) is 0 Å². The summed E-state index contributed by atoms with van der Waals surface area (Å²) in [7, 11) is -0.408. The summed E-state index contributed by atoms with van der Waals surface area (Å²) < 4.78 is 35.5. The maximum Gasteiger partial charge on any atom is 0.498 e. The Morgan fingerprint density at radius 3 is 2.06 bits per heavy atom. The minimum atomic E-state index is -0.465. The molecule has 0 N–H and O–H groups in total. The summed E-state index contributed by atoms with van der Waals surface area (Å²) in [6, 6.07) is 0. The van der Waals surface area contributed by atoms with Crippen molar-refractivity contribution in [3.63, 3.8) is 0 Å². The molecule has 0 bridgehead atoms. The van der Waals surface area contributed by atoms with Crippen LogP contribution in [0.2, 0.25) is 0 Å². The zero-order valence-electron chi connectivity index (χ0n) is 20.6. The van der Waals surface area contributed by atoms with Crippen LogP contribution in [-0.2, 0) is 39.6 Å². The smallest absolute Gasteiger partial charge is 0.460 e. The molecule has 1 aromatic rings. The molecule has 1 saturated heterocycles. The number of hydrogen-bond donors (Lipinski definition) is 0. The van der Waals surface area contributed by atoms with Crippen LogP contribution in [0.25, 0.3) is 0 Å². The standard InChI is InChI=1S/C22H39BN2O7/c1-20(2,3)30-19(26)8-10-27-12-14-29-15-13-28-11-9-25-17-18(16-24-25)23-31-21(4,5)22(6,7)32-23/h16-17H,8-15H2,1-7H3. The highest BCUT2D eigenvalue weighted by Crippen LogP contribution is 2.36. The second-order valence-electron chi connectivity index (χ2n) is 9.80. The first-order chi connectivity index (χ1) is 14.9. The molecule has 0 atom stereocenters. The zero-order valence-corrected chi connectivity index (χ0v) is 20.6. The molecular weight excluding hydrogens is 415 g/mol. The Morgan fingerprint density at radius 1 is 0.969 bits per heavy atom. The Hall–Kier alpha value is -1.46. The predicted octanol–water partition coefficient (Wildman–Crippen LogP) is 1.96. The molecule has 9 nitrogen and oxygen atoms in total. The highest BCUT2D eigenvalue weighted by Gasteiger charge is 2.52. The Morgan fingerprint density at radius 2 is 1.50 bits per heavy atom. The van der Waals surface area contributed by atoms with E-state index in [9.17, 15) is 4.79 Å². The lowest BCUT2D eigenvalue weighted by molar-refractivity contribution is -0.156. The zero-order chi connectivity index (χ0) is 23.8. The van der Waals surface area contributed by atoms with Crippen molar-refractivity contribution in [1.29, 1.82) is 0 Å². The fourth-order valence-electron chi connectivity index (χ4n) is 2.85. The molecule has 1 aliphatic rings. The van der Waals surface area contributed by atoms with E-state index in [1.165, 1.54) is 0 Å². The van der Waals surface area contributed by atoms with Gasteiger partial charge >= 0.3 is 13.1 Å². The Balaban J connectivity index is 1.47. The van der Waals surface area contributed by atoms with Gasteiger partial charge in [-0.25, -0.2) is 0 Å². The lowest BCUT2D eigenvalue weighted by Gasteiger charge is -2.32. The largest absolute Gasteiger partial charge is 0.498 e. The van der Waals surface area contributed by atoms with E-state index in [1.807, 2.05) is 59.3 Å². The van der Waals surface area contributed by atoms with Crippen LogP contribution in [0, 0.1) is 0 Å². The molecule has 0 aromatic carbocycles. The second kappa shape index (κ2) is 11.6. The number of rotatable bonds is 13. The average molecular weight is 454 g/mol. The van der Waals surface area contributed by atoms with Gasteiger partial charge < -0.3 is 28.3 Å². The van der Waals surface area contributed by atoms with Gasteiger partial charge in [-0.15, -0.1) is 0 Å². The maximum atomic E-state index is 11.5. The Bertz CT molecular complexity index is 699. The summed E-state index contributed by atoms with van der Waals surface area (Å²) in [6.07, 6.45) is 3.94. The number of carbonyl (C=O) groups excluding carboxylic acids is 1. The van der Waals surface area contributed by atoms with Crippen molar-refractivity contribution in [3.8, 4) is 0 Å². The van der Waals surface area contributed by atoms with E-state index in [0.717, 1.165) is 5.46 Å². The minimum Gasteiger partial charge on any atom is -0.460 e. The van der Waals surface area contributed by atoms with Crippen LogP contribution in [0.15, 0.2) is 12.4 Å². The summed E-state index contributed by atoms with van der Waals surface area (Å²) in [5.74, 6) is -0.257. The van der Waals surface area contributed by atoms with Crippen molar-refractivity contribution in [2.24, 2.45) is 0 Å². The van der Waals surface area contributed by atoms with Crippen molar-refractivity contribution in [2.75, 3.05) is 39.6 Å². The summed E-state index contributed by atoms with van der Waals surface area (Å²) >= 11 is 0. The molecule has 0 unspecified atom stereocenters. The molecule has 0 aliphatic carbocycles. The van der Waals surface area contributed by atoms with Crippen LogP contribution in [0.1, 0.15) is 54.9 Å². The molecule has 0 radical (unpaired) electrons. The van der Waals surface area contributed by atoms with E-state index in [4.69, 9.17) is 28.3 Å². The van der Waals surface area contributed by atoms with E-state index in [1.54, 1.807) is 6.20 Å². The van der Waals surface area contributed by atoms with Gasteiger partial charge in [-0.3, -0.25) is 9.48 Å². The summed E-state index contributed by atoms with van der Waals surface area (Å²) in [6.45, 7) is 17.0. The lowest BCUT2D eigenvalue weighted by Crippen LogP contribution is -2.41. The lowest BCUT2D eigenvalue weighted by atomic mass is 9.82. The third-order valence-corrected chi connectivity index (χ3v) is 5.26. The van der Waals surface area contributed by atoms with E-state index in [2.05, 4.69) is 5.10 Å². The van der Waals surface area contributed by atoms with Gasteiger partial charge in [0.15, 0.2) is 0 Å². The maximum absolute atomic E-state index is 11.5. The first-order valence-electron chi connectivity index (χ1n) is 11.2. The van der Waals surface area contributed by atoms with Crippen LogP contribution < -0.4 is 5.46 Å². The number of nitrogens with zero attached hydrogens (tertiary/aromatic N) is 2. The van der Waals surface area contributed by atoms with Gasteiger partial charge in [-0.1, -0.05) is 0 Å². The molecule has 1 fully saturated rings. The molecule has 2 rings (SSSR count). The van der Waals surface area contributed by atoms with Crippen LogP contribution in [0.5, 0.6) is 0 Å². The highest BCUT2D eigenvalue weighted by atomic mass is 16.7. The molecule has 182 valence electrons. The van der Waals surface area contributed by atoms with Gasteiger partial charge in [0.1, 0.15) is 5.60 Å². The van der Waals surface area contributed by atoms with Crippen molar-refractivity contribution < 1.29 is 33.1 Å². The Kier molecular flexibility index (Phi) is 9.72. The summed E-state index contributed by atoms with van der Waals surface area (Å²) in [5.41, 5.74) is -0.302. The number of ether oxygens (including phenoxy) is 4. The topological polar surface area (TPSA) is 90.3 Å². The average Bonchev–Trinajstić information content (AvgIpc) is 3.20. The van der Waals surface area contributed by atoms with Gasteiger partial charge in [0.05, 0.1) is 63.8 Å². The van der Waals surface area contributed by atoms with Crippen molar-refractivity contribution >= 4 is 18.6 Å². The van der Waals surface area contributed by atoms with Crippen LogP contribution in [-0.4, -0.2) is 79.3 Å². The molecule has 1 aromatic heterocycles. The van der Waals surface area contributed by atoms with E-state index < -0.39 is 12.7 Å². The highest BCUT2D eigenvalue weighted by molar-refractivity contribution is 6.61. The molecule has 10 heteroatoms. The fourth-order valence-corrected chi connectivity index (χ4v) is 2.85. The third-order valence-electron chi connectivity index (χ3n) is 5.26. The molecule has 2 heterocycles. The fraction of sp³-hybridized carbons (Fsp3) is 0.818. The molecule has 32 heavy (non-hydrogen) atoms. The molecular formula is C22H39BN2O7.